The molecule has 3 rings (SSSR count). The summed E-state index contributed by atoms with van der Waals surface area (Å²) in [6.45, 7) is 0.258. The fourth-order valence-electron chi connectivity index (χ4n) is 2.93. The first kappa shape index (κ1) is 19.7. The lowest BCUT2D eigenvalue weighted by molar-refractivity contribution is -0.121. The van der Waals surface area contributed by atoms with Crippen molar-refractivity contribution in [3.05, 3.63) is 56.0 Å². The van der Waals surface area contributed by atoms with E-state index in [1.54, 1.807) is 25.7 Å². The van der Waals surface area contributed by atoms with Gasteiger partial charge in [-0.1, -0.05) is 6.07 Å². The second-order valence-electron chi connectivity index (χ2n) is 6.16. The van der Waals surface area contributed by atoms with Crippen LogP contribution >= 0.6 is 11.3 Å². The first-order chi connectivity index (χ1) is 13.5. The lowest BCUT2D eigenvalue weighted by atomic mass is 10.1. The third kappa shape index (κ3) is 3.79. The Kier molecular flexibility index (Phi) is 5.84. The van der Waals surface area contributed by atoms with E-state index in [4.69, 9.17) is 9.47 Å². The van der Waals surface area contributed by atoms with Gasteiger partial charge in [-0.3, -0.25) is 18.7 Å². The van der Waals surface area contributed by atoms with E-state index >= 15 is 0 Å². The molecule has 0 saturated heterocycles. The Bertz CT molecular complexity index is 1130. The van der Waals surface area contributed by atoms with Crippen molar-refractivity contribution < 1.29 is 14.3 Å². The van der Waals surface area contributed by atoms with E-state index in [9.17, 15) is 14.4 Å². The average molecular weight is 403 g/mol. The maximum absolute atomic E-state index is 12.4. The van der Waals surface area contributed by atoms with Crippen molar-refractivity contribution in [1.82, 2.24) is 14.5 Å². The summed E-state index contributed by atoms with van der Waals surface area (Å²) in [6.07, 6.45) is 0.599. The van der Waals surface area contributed by atoms with Crippen molar-refractivity contribution in [2.75, 3.05) is 20.8 Å². The average Bonchev–Trinajstić information content (AvgIpc) is 3.19. The normalized spacial score (nSPS) is 10.8. The van der Waals surface area contributed by atoms with Crippen LogP contribution in [-0.4, -0.2) is 35.8 Å². The number of carbonyl (C=O) groups excluding carboxylic acids is 1. The van der Waals surface area contributed by atoms with E-state index in [-0.39, 0.29) is 18.0 Å². The molecule has 28 heavy (non-hydrogen) atoms. The summed E-state index contributed by atoms with van der Waals surface area (Å²) in [5, 5.41) is 4.54. The molecule has 1 amide bonds. The smallest absolute Gasteiger partial charge is 0.331 e. The molecule has 1 N–H and O–H groups in total. The number of benzene rings is 1. The van der Waals surface area contributed by atoms with Gasteiger partial charge in [0.1, 0.15) is 11.2 Å². The molecule has 0 bridgehead atoms. The van der Waals surface area contributed by atoms with Crippen LogP contribution < -0.4 is 26.0 Å². The minimum atomic E-state index is -0.508. The quantitative estimate of drug-likeness (QED) is 0.639. The van der Waals surface area contributed by atoms with Crippen LogP contribution in [0.25, 0.3) is 10.2 Å². The lowest BCUT2D eigenvalue weighted by Gasteiger charge is -2.11. The Labute approximate surface area is 164 Å². The van der Waals surface area contributed by atoms with E-state index in [1.165, 1.54) is 23.0 Å². The number of nitrogens with one attached hydrogen (secondary N) is 1. The van der Waals surface area contributed by atoms with E-state index in [1.807, 2.05) is 18.2 Å². The highest BCUT2D eigenvalue weighted by atomic mass is 32.1. The van der Waals surface area contributed by atoms with Gasteiger partial charge in [-0.25, -0.2) is 4.79 Å². The van der Waals surface area contributed by atoms with E-state index in [0.717, 1.165) is 10.1 Å². The molecule has 2 heterocycles. The largest absolute Gasteiger partial charge is 0.493 e. The number of nitrogens with zero attached hydrogens (tertiary/aromatic N) is 2. The van der Waals surface area contributed by atoms with Gasteiger partial charge < -0.3 is 14.8 Å². The van der Waals surface area contributed by atoms with Crippen molar-refractivity contribution >= 4 is 27.5 Å². The number of hydrogen-bond acceptors (Lipinski definition) is 6. The van der Waals surface area contributed by atoms with Gasteiger partial charge in [0, 0.05) is 13.6 Å². The molecule has 0 aliphatic rings. The van der Waals surface area contributed by atoms with E-state index in [2.05, 4.69) is 5.32 Å². The zero-order chi connectivity index (χ0) is 20.3. The van der Waals surface area contributed by atoms with Crippen molar-refractivity contribution in [3.63, 3.8) is 0 Å². The summed E-state index contributed by atoms with van der Waals surface area (Å²) in [7, 11) is 4.55. The highest BCUT2D eigenvalue weighted by Crippen LogP contribution is 2.27. The molecule has 0 unspecified atom stereocenters. The maximum atomic E-state index is 12.4. The molecule has 3 aromatic rings. The van der Waals surface area contributed by atoms with Gasteiger partial charge in [-0.2, -0.15) is 0 Å². The summed E-state index contributed by atoms with van der Waals surface area (Å²) < 4.78 is 13.3. The Hall–Kier alpha value is -3.07. The second-order valence-corrected chi connectivity index (χ2v) is 7.07. The van der Waals surface area contributed by atoms with Crippen LogP contribution in [0.1, 0.15) is 5.56 Å². The predicted octanol–water partition coefficient (Wildman–Crippen LogP) is 1.14. The van der Waals surface area contributed by atoms with Crippen molar-refractivity contribution in [3.8, 4) is 11.5 Å². The Balaban J connectivity index is 1.68. The Morgan fingerprint density at radius 2 is 1.89 bits per heavy atom. The van der Waals surface area contributed by atoms with Crippen LogP contribution in [0.2, 0.25) is 0 Å². The summed E-state index contributed by atoms with van der Waals surface area (Å²) in [6, 6.07) is 7.25. The van der Waals surface area contributed by atoms with E-state index < -0.39 is 5.69 Å². The van der Waals surface area contributed by atoms with E-state index in [0.29, 0.717) is 34.7 Å². The molecule has 0 fully saturated rings. The van der Waals surface area contributed by atoms with Crippen LogP contribution in [0.5, 0.6) is 11.5 Å². The molecule has 0 radical (unpaired) electrons. The first-order valence-electron chi connectivity index (χ1n) is 8.61. The Morgan fingerprint density at radius 1 is 1.14 bits per heavy atom. The fraction of sp³-hybridized carbons (Fsp3) is 0.316. The third-order valence-electron chi connectivity index (χ3n) is 4.44. The molecule has 0 atom stereocenters. The molecule has 8 nitrogen and oxygen atoms in total. The van der Waals surface area contributed by atoms with Gasteiger partial charge in [-0.15, -0.1) is 11.3 Å². The third-order valence-corrected chi connectivity index (χ3v) is 5.33. The number of fused-ring (bicyclic) bond motifs is 1. The van der Waals surface area contributed by atoms with Gasteiger partial charge in [0.25, 0.3) is 5.56 Å². The van der Waals surface area contributed by atoms with Gasteiger partial charge in [0.05, 0.1) is 19.7 Å². The van der Waals surface area contributed by atoms with Crippen LogP contribution in [0.3, 0.4) is 0 Å². The minimum Gasteiger partial charge on any atom is -0.493 e. The maximum Gasteiger partial charge on any atom is 0.331 e. The highest BCUT2D eigenvalue weighted by Gasteiger charge is 2.14. The molecular weight excluding hydrogens is 382 g/mol. The van der Waals surface area contributed by atoms with Gasteiger partial charge in [-0.05, 0) is 35.6 Å². The molecule has 0 spiro atoms. The number of rotatable bonds is 7. The highest BCUT2D eigenvalue weighted by molar-refractivity contribution is 7.17. The van der Waals surface area contributed by atoms with Crippen molar-refractivity contribution in [2.24, 2.45) is 7.05 Å². The zero-order valence-corrected chi connectivity index (χ0v) is 16.7. The number of hydrogen-bond donors (Lipinski definition) is 1. The molecular formula is C19H21N3O5S. The second kappa shape index (κ2) is 8.30. The molecule has 1 aromatic carbocycles. The number of aromatic nitrogens is 2. The van der Waals surface area contributed by atoms with Gasteiger partial charge in [0.2, 0.25) is 5.91 Å². The number of carbonyl (C=O) groups is 1. The predicted molar refractivity (Wildman–Crippen MR) is 108 cm³/mol. The molecule has 148 valence electrons. The standard InChI is InChI=1S/C19H21N3O5S/c1-21-18(24)17-13(7-9-28-17)22(19(21)25)11-16(23)20-8-6-12-4-5-14(26-2)15(10-12)27-3/h4-5,7,9-10H,6,8,11H2,1-3H3,(H,20,23). The number of amides is 1. The van der Waals surface area contributed by atoms with Crippen LogP contribution in [0.15, 0.2) is 39.2 Å². The SMILES string of the molecule is COc1ccc(CCNC(=O)Cn2c(=O)n(C)c(=O)c3sccc32)cc1OC. The monoisotopic (exact) mass is 403 g/mol. The summed E-state index contributed by atoms with van der Waals surface area (Å²) in [5.41, 5.74) is 0.608. The number of thiophene rings is 1. The number of methoxy groups -OCH3 is 2. The topological polar surface area (TPSA) is 91.6 Å². The first-order valence-corrected chi connectivity index (χ1v) is 9.49. The fourth-order valence-corrected chi connectivity index (χ4v) is 3.80. The summed E-state index contributed by atoms with van der Waals surface area (Å²) >= 11 is 1.25. The molecule has 0 saturated carbocycles. The van der Waals surface area contributed by atoms with Crippen molar-refractivity contribution in [1.29, 1.82) is 0 Å². The van der Waals surface area contributed by atoms with Gasteiger partial charge >= 0.3 is 5.69 Å². The van der Waals surface area contributed by atoms with Crippen LogP contribution in [0, 0.1) is 0 Å². The zero-order valence-electron chi connectivity index (χ0n) is 15.9. The lowest BCUT2D eigenvalue weighted by Crippen LogP contribution is -2.41. The molecule has 2 aromatic heterocycles. The van der Waals surface area contributed by atoms with Crippen LogP contribution in [-0.2, 0) is 24.8 Å². The molecule has 0 aliphatic carbocycles. The number of ether oxygens (including phenoxy) is 2. The minimum absolute atomic E-state index is 0.147. The van der Waals surface area contributed by atoms with Crippen molar-refractivity contribution in [2.45, 2.75) is 13.0 Å². The molecule has 9 heteroatoms. The van der Waals surface area contributed by atoms with Gasteiger partial charge in [0.15, 0.2) is 11.5 Å². The molecule has 0 aliphatic heterocycles. The summed E-state index contributed by atoms with van der Waals surface area (Å²) in [5.74, 6) is 0.973. The summed E-state index contributed by atoms with van der Waals surface area (Å²) in [4.78, 5) is 36.8. The Morgan fingerprint density at radius 3 is 2.61 bits per heavy atom. The van der Waals surface area contributed by atoms with Crippen LogP contribution in [0.4, 0.5) is 0 Å².